The van der Waals surface area contributed by atoms with Crippen LogP contribution in [0.25, 0.3) is 5.65 Å². The molecule has 6 rings (SSSR count). The van der Waals surface area contributed by atoms with Gasteiger partial charge in [0, 0.05) is 43.3 Å². The standard InChI is InChI=1S/C20H23F2N7OS/c1-11-23-19(31-27-11)28-8-12-4-5-13(9-28)16(12)24-18-25-17-15(3-2-6-29(17)26-18)30-10-14-7-20(14,21)22/h2-3,6,12-14,16H,4-5,7-10H2,1H3,(H,24,26)/t12-,13+,14?,16-. The fourth-order valence-corrected chi connectivity index (χ4v) is 5.57. The molecule has 2 bridgehead atoms. The highest BCUT2D eigenvalue weighted by atomic mass is 32.1. The number of halogens is 2. The van der Waals surface area contributed by atoms with Crippen molar-refractivity contribution >= 4 is 28.3 Å². The van der Waals surface area contributed by atoms with Crippen molar-refractivity contribution in [3.8, 4) is 5.75 Å². The van der Waals surface area contributed by atoms with E-state index in [9.17, 15) is 8.78 Å². The van der Waals surface area contributed by atoms with Crippen LogP contribution in [0.3, 0.4) is 0 Å². The van der Waals surface area contributed by atoms with Crippen LogP contribution in [0.1, 0.15) is 25.1 Å². The van der Waals surface area contributed by atoms with E-state index in [1.807, 2.05) is 6.92 Å². The Morgan fingerprint density at radius 1 is 1.26 bits per heavy atom. The number of alkyl halides is 2. The number of nitrogens with zero attached hydrogens (tertiary/aromatic N) is 6. The molecule has 1 N–H and O–H groups in total. The van der Waals surface area contributed by atoms with E-state index in [0.717, 1.165) is 36.9 Å². The first-order valence-corrected chi connectivity index (χ1v) is 11.4. The SMILES string of the molecule is Cc1nsc(N2C[C@H]3CC[C@@H](C2)[C@@H]3Nc2nc3c(OCC4CC4(F)F)cccn3n2)n1. The van der Waals surface area contributed by atoms with Gasteiger partial charge in [0.2, 0.25) is 11.1 Å². The van der Waals surface area contributed by atoms with Crippen molar-refractivity contribution in [2.45, 2.75) is 38.2 Å². The van der Waals surface area contributed by atoms with Crippen molar-refractivity contribution in [1.29, 1.82) is 0 Å². The van der Waals surface area contributed by atoms with Gasteiger partial charge >= 0.3 is 0 Å². The molecule has 8 nitrogen and oxygen atoms in total. The van der Waals surface area contributed by atoms with Crippen molar-refractivity contribution in [1.82, 2.24) is 24.0 Å². The fourth-order valence-electron chi connectivity index (χ4n) is 4.87. The van der Waals surface area contributed by atoms with Crippen LogP contribution in [0.15, 0.2) is 18.3 Å². The number of hydrogen-bond donors (Lipinski definition) is 1. The van der Waals surface area contributed by atoms with Crippen LogP contribution in [0, 0.1) is 24.7 Å². The van der Waals surface area contributed by atoms with E-state index in [1.165, 1.54) is 11.5 Å². The first-order valence-electron chi connectivity index (χ1n) is 10.6. The molecule has 31 heavy (non-hydrogen) atoms. The lowest BCUT2D eigenvalue weighted by molar-refractivity contribution is 0.0857. The van der Waals surface area contributed by atoms with Crippen LogP contribution in [0.4, 0.5) is 19.9 Å². The first kappa shape index (κ1) is 19.1. The predicted molar refractivity (Wildman–Crippen MR) is 112 cm³/mol. The number of piperidine rings is 1. The lowest BCUT2D eigenvalue weighted by Crippen LogP contribution is -2.48. The molecule has 11 heteroatoms. The van der Waals surface area contributed by atoms with E-state index in [-0.39, 0.29) is 13.0 Å². The van der Waals surface area contributed by atoms with E-state index in [4.69, 9.17) is 4.74 Å². The Morgan fingerprint density at radius 3 is 2.71 bits per heavy atom. The zero-order chi connectivity index (χ0) is 21.2. The van der Waals surface area contributed by atoms with E-state index in [2.05, 4.69) is 29.7 Å². The molecule has 2 saturated carbocycles. The monoisotopic (exact) mass is 447 g/mol. The molecular formula is C20H23F2N7OS. The smallest absolute Gasteiger partial charge is 0.255 e. The highest BCUT2D eigenvalue weighted by molar-refractivity contribution is 7.09. The average Bonchev–Trinajstić information content (AvgIpc) is 3.09. The number of pyridine rings is 1. The van der Waals surface area contributed by atoms with Gasteiger partial charge in [0.05, 0.1) is 12.5 Å². The average molecular weight is 448 g/mol. The predicted octanol–water partition coefficient (Wildman–Crippen LogP) is 3.25. The normalized spacial score (nSPS) is 28.8. The lowest BCUT2D eigenvalue weighted by atomic mass is 9.92. The van der Waals surface area contributed by atoms with Gasteiger partial charge in [0.1, 0.15) is 5.82 Å². The Morgan fingerprint density at radius 2 is 2.03 bits per heavy atom. The number of ether oxygens (including phenoxy) is 1. The third-order valence-electron chi connectivity index (χ3n) is 6.64. The molecule has 1 aliphatic heterocycles. The molecule has 3 fully saturated rings. The van der Waals surface area contributed by atoms with Crippen molar-refractivity contribution in [3.05, 3.63) is 24.2 Å². The summed E-state index contributed by atoms with van der Waals surface area (Å²) in [7, 11) is 0. The minimum atomic E-state index is -2.59. The van der Waals surface area contributed by atoms with Gasteiger partial charge in [0.15, 0.2) is 11.4 Å². The number of aryl methyl sites for hydroxylation is 1. The number of anilines is 2. The van der Waals surface area contributed by atoms with Gasteiger partial charge in [-0.2, -0.15) is 9.36 Å². The number of nitrogens with one attached hydrogen (secondary N) is 1. The van der Waals surface area contributed by atoms with Gasteiger partial charge in [-0.15, -0.1) is 5.10 Å². The van der Waals surface area contributed by atoms with E-state index in [1.54, 1.807) is 22.8 Å². The topological polar surface area (TPSA) is 80.5 Å². The molecule has 164 valence electrons. The van der Waals surface area contributed by atoms with Crippen LogP contribution < -0.4 is 15.0 Å². The van der Waals surface area contributed by atoms with Gasteiger partial charge in [-0.1, -0.05) is 0 Å². The summed E-state index contributed by atoms with van der Waals surface area (Å²) in [4.78, 5) is 11.5. The van der Waals surface area contributed by atoms with E-state index in [0.29, 0.717) is 35.2 Å². The Hall–Kier alpha value is -2.56. The van der Waals surface area contributed by atoms with Gasteiger partial charge in [-0.05, 0) is 43.7 Å². The fraction of sp³-hybridized carbons (Fsp3) is 0.600. The largest absolute Gasteiger partial charge is 0.489 e. The second-order valence-corrected chi connectivity index (χ2v) is 9.58. The van der Waals surface area contributed by atoms with Gasteiger partial charge < -0.3 is 15.0 Å². The zero-order valence-electron chi connectivity index (χ0n) is 17.0. The van der Waals surface area contributed by atoms with Crippen LogP contribution >= 0.6 is 11.5 Å². The van der Waals surface area contributed by atoms with Gasteiger partial charge in [-0.25, -0.2) is 18.3 Å². The summed E-state index contributed by atoms with van der Waals surface area (Å²) in [5.74, 6) is -0.460. The molecule has 0 radical (unpaired) electrons. The zero-order valence-corrected chi connectivity index (χ0v) is 17.9. The minimum Gasteiger partial charge on any atom is -0.489 e. The first-order chi connectivity index (χ1) is 15.0. The molecule has 0 spiro atoms. The van der Waals surface area contributed by atoms with Crippen molar-refractivity contribution in [3.63, 3.8) is 0 Å². The van der Waals surface area contributed by atoms with Crippen molar-refractivity contribution in [2.24, 2.45) is 17.8 Å². The lowest BCUT2D eigenvalue weighted by Gasteiger charge is -2.37. The number of fused-ring (bicyclic) bond motifs is 3. The van der Waals surface area contributed by atoms with Crippen LogP contribution in [-0.2, 0) is 0 Å². The van der Waals surface area contributed by atoms with Crippen LogP contribution in [-0.4, -0.2) is 55.6 Å². The molecule has 3 aliphatic rings. The third-order valence-corrected chi connectivity index (χ3v) is 7.51. The molecule has 3 aromatic rings. The van der Waals surface area contributed by atoms with Crippen LogP contribution in [0.5, 0.6) is 5.75 Å². The Bertz CT molecular complexity index is 1100. The molecule has 3 aromatic heterocycles. The van der Waals surface area contributed by atoms with E-state index < -0.39 is 11.8 Å². The quantitative estimate of drug-likeness (QED) is 0.621. The molecular weight excluding hydrogens is 424 g/mol. The number of hydrogen-bond acceptors (Lipinski definition) is 8. The van der Waals surface area contributed by atoms with Crippen molar-refractivity contribution < 1.29 is 13.5 Å². The second-order valence-electron chi connectivity index (χ2n) is 8.85. The molecule has 0 aromatic carbocycles. The van der Waals surface area contributed by atoms with Gasteiger partial charge in [0.25, 0.3) is 5.92 Å². The van der Waals surface area contributed by atoms with E-state index >= 15 is 0 Å². The Balaban J connectivity index is 1.16. The summed E-state index contributed by atoms with van der Waals surface area (Å²) >= 11 is 1.46. The maximum Gasteiger partial charge on any atom is 0.255 e. The summed E-state index contributed by atoms with van der Waals surface area (Å²) in [6, 6.07) is 3.84. The second kappa shape index (κ2) is 6.98. The third kappa shape index (κ3) is 3.48. The molecule has 4 heterocycles. The number of rotatable bonds is 6. The molecule has 2 aliphatic carbocycles. The number of aromatic nitrogens is 5. The summed E-state index contributed by atoms with van der Waals surface area (Å²) in [6.45, 7) is 3.81. The summed E-state index contributed by atoms with van der Waals surface area (Å²) in [5.41, 5.74) is 0.545. The molecule has 1 saturated heterocycles. The summed E-state index contributed by atoms with van der Waals surface area (Å²) < 4.78 is 37.9. The summed E-state index contributed by atoms with van der Waals surface area (Å²) in [5, 5.41) is 9.10. The molecule has 0 amide bonds. The minimum absolute atomic E-state index is 0.00398. The van der Waals surface area contributed by atoms with Crippen molar-refractivity contribution in [2.75, 3.05) is 29.9 Å². The highest BCUT2D eigenvalue weighted by Crippen LogP contribution is 2.48. The maximum absolute atomic E-state index is 13.2. The summed E-state index contributed by atoms with van der Waals surface area (Å²) in [6.07, 6.45) is 4.01. The Kier molecular flexibility index (Phi) is 4.31. The maximum atomic E-state index is 13.2. The molecule has 4 atom stereocenters. The van der Waals surface area contributed by atoms with Gasteiger partial charge in [-0.3, -0.25) is 0 Å². The van der Waals surface area contributed by atoms with Crippen LogP contribution in [0.2, 0.25) is 0 Å². The molecule has 1 unspecified atom stereocenters. The Labute approximate surface area is 181 Å². The highest BCUT2D eigenvalue weighted by Gasteiger charge is 2.57.